The second-order valence-electron chi connectivity index (χ2n) is 5.97. The first-order valence-corrected chi connectivity index (χ1v) is 7.16. The molecular weight excluding hydrogens is 212 g/mol. The van der Waals surface area contributed by atoms with Gasteiger partial charge in [-0.1, -0.05) is 19.8 Å². The van der Waals surface area contributed by atoms with Crippen LogP contribution in [-0.4, -0.2) is 19.8 Å². The molecule has 98 valence electrons. The highest BCUT2D eigenvalue weighted by molar-refractivity contribution is 5.00. The van der Waals surface area contributed by atoms with Crippen LogP contribution in [0.15, 0.2) is 11.8 Å². The largest absolute Gasteiger partial charge is 0.501 e. The predicted molar refractivity (Wildman–Crippen MR) is 69.9 cm³/mol. The maximum atomic E-state index is 5.83. The smallest absolute Gasteiger partial charge is 0.0948 e. The minimum atomic E-state index is 0.224. The van der Waals surface area contributed by atoms with Gasteiger partial charge in [0, 0.05) is 12.0 Å². The van der Waals surface area contributed by atoms with Gasteiger partial charge in [-0.2, -0.15) is 0 Å². The summed E-state index contributed by atoms with van der Waals surface area (Å²) in [5, 5.41) is 0. The van der Waals surface area contributed by atoms with Crippen LogP contribution >= 0.6 is 0 Å². The lowest BCUT2D eigenvalue weighted by Gasteiger charge is -2.26. The molecule has 2 aliphatic rings. The molecule has 17 heavy (non-hydrogen) atoms. The van der Waals surface area contributed by atoms with Gasteiger partial charge < -0.3 is 9.47 Å². The van der Waals surface area contributed by atoms with E-state index in [2.05, 4.69) is 6.92 Å². The van der Waals surface area contributed by atoms with Crippen molar-refractivity contribution in [3.63, 3.8) is 0 Å². The maximum absolute atomic E-state index is 5.83. The van der Waals surface area contributed by atoms with Gasteiger partial charge in [-0.15, -0.1) is 0 Å². The molecule has 0 aromatic heterocycles. The SMILES string of the molecule is CC1(COC=C2CCCCC2)CCCCOC1. The number of allylic oxidation sites excluding steroid dienone is 1. The lowest BCUT2D eigenvalue weighted by Crippen LogP contribution is -2.27. The van der Waals surface area contributed by atoms with E-state index in [0.29, 0.717) is 0 Å². The Bertz CT molecular complexity index is 242. The highest BCUT2D eigenvalue weighted by Gasteiger charge is 2.26. The summed E-state index contributed by atoms with van der Waals surface area (Å²) >= 11 is 0. The molecule has 1 saturated carbocycles. The van der Waals surface area contributed by atoms with Gasteiger partial charge in [0.15, 0.2) is 0 Å². The Labute approximate surface area is 105 Å². The van der Waals surface area contributed by atoms with E-state index >= 15 is 0 Å². The van der Waals surface area contributed by atoms with Crippen molar-refractivity contribution in [3.8, 4) is 0 Å². The van der Waals surface area contributed by atoms with Crippen molar-refractivity contribution in [2.24, 2.45) is 5.41 Å². The third kappa shape index (κ3) is 4.34. The third-order valence-corrected chi connectivity index (χ3v) is 3.95. The number of ether oxygens (including phenoxy) is 2. The Kier molecular flexibility index (Phi) is 4.90. The average molecular weight is 238 g/mol. The van der Waals surface area contributed by atoms with Gasteiger partial charge in [0.25, 0.3) is 0 Å². The minimum absolute atomic E-state index is 0.224. The summed E-state index contributed by atoms with van der Waals surface area (Å²) in [5.41, 5.74) is 1.73. The van der Waals surface area contributed by atoms with Gasteiger partial charge in [-0.05, 0) is 44.1 Å². The summed E-state index contributed by atoms with van der Waals surface area (Å²) in [7, 11) is 0. The van der Waals surface area contributed by atoms with Crippen molar-refractivity contribution in [2.45, 2.75) is 58.3 Å². The third-order valence-electron chi connectivity index (χ3n) is 3.95. The molecule has 2 nitrogen and oxygen atoms in total. The second-order valence-corrected chi connectivity index (χ2v) is 5.97. The molecule has 1 atom stereocenters. The van der Waals surface area contributed by atoms with Crippen molar-refractivity contribution in [1.29, 1.82) is 0 Å². The van der Waals surface area contributed by atoms with E-state index in [9.17, 15) is 0 Å². The molecule has 2 fully saturated rings. The molecular formula is C15H26O2. The zero-order valence-electron chi connectivity index (χ0n) is 11.2. The standard InChI is InChI=1S/C15H26O2/c1-15(9-5-6-10-16-12-15)13-17-11-14-7-3-2-4-8-14/h11H,2-10,12-13H2,1H3. The summed E-state index contributed by atoms with van der Waals surface area (Å²) in [5.74, 6) is 0. The quantitative estimate of drug-likeness (QED) is 0.690. The average Bonchev–Trinajstić information content (AvgIpc) is 2.56. The summed E-state index contributed by atoms with van der Waals surface area (Å²) in [6.07, 6.45) is 12.3. The van der Waals surface area contributed by atoms with Crippen LogP contribution in [0.2, 0.25) is 0 Å². The lowest BCUT2D eigenvalue weighted by atomic mass is 9.87. The van der Waals surface area contributed by atoms with Gasteiger partial charge in [-0.25, -0.2) is 0 Å². The fourth-order valence-electron chi connectivity index (χ4n) is 2.74. The molecule has 1 heterocycles. The number of rotatable bonds is 3. The van der Waals surface area contributed by atoms with Crippen molar-refractivity contribution in [1.82, 2.24) is 0 Å². The second kappa shape index (κ2) is 6.44. The van der Waals surface area contributed by atoms with Crippen LogP contribution < -0.4 is 0 Å². The normalized spacial score (nSPS) is 30.8. The Morgan fingerprint density at radius 3 is 2.82 bits per heavy atom. The Morgan fingerprint density at radius 1 is 1.18 bits per heavy atom. The highest BCUT2D eigenvalue weighted by Crippen LogP contribution is 2.29. The van der Waals surface area contributed by atoms with Crippen LogP contribution in [0.1, 0.15) is 58.3 Å². The van der Waals surface area contributed by atoms with Crippen molar-refractivity contribution >= 4 is 0 Å². The van der Waals surface area contributed by atoms with Gasteiger partial charge >= 0.3 is 0 Å². The molecule has 1 aliphatic carbocycles. The van der Waals surface area contributed by atoms with Crippen molar-refractivity contribution < 1.29 is 9.47 Å². The molecule has 0 radical (unpaired) electrons. The molecule has 1 aliphatic heterocycles. The van der Waals surface area contributed by atoms with E-state index in [1.165, 1.54) is 56.9 Å². The Balaban J connectivity index is 1.75. The van der Waals surface area contributed by atoms with Crippen LogP contribution in [0.4, 0.5) is 0 Å². The number of hydrogen-bond donors (Lipinski definition) is 0. The molecule has 0 aromatic rings. The first kappa shape index (κ1) is 12.9. The summed E-state index contributed by atoms with van der Waals surface area (Å²) in [6, 6.07) is 0. The first-order chi connectivity index (χ1) is 8.29. The molecule has 0 amide bonds. The van der Waals surface area contributed by atoms with Gasteiger partial charge in [0.2, 0.25) is 0 Å². The minimum Gasteiger partial charge on any atom is -0.501 e. The summed E-state index contributed by atoms with van der Waals surface area (Å²) in [6.45, 7) is 4.89. The van der Waals surface area contributed by atoms with Crippen LogP contribution in [-0.2, 0) is 9.47 Å². The molecule has 0 aromatic carbocycles. The van der Waals surface area contributed by atoms with E-state index in [1.807, 2.05) is 6.26 Å². The molecule has 0 N–H and O–H groups in total. The van der Waals surface area contributed by atoms with E-state index in [1.54, 1.807) is 0 Å². The van der Waals surface area contributed by atoms with Crippen LogP contribution in [0, 0.1) is 5.41 Å². The first-order valence-electron chi connectivity index (χ1n) is 7.16. The van der Waals surface area contributed by atoms with E-state index < -0.39 is 0 Å². The molecule has 0 spiro atoms. The fraction of sp³-hybridized carbons (Fsp3) is 0.867. The monoisotopic (exact) mass is 238 g/mol. The molecule has 2 heteroatoms. The zero-order valence-corrected chi connectivity index (χ0v) is 11.2. The van der Waals surface area contributed by atoms with E-state index in [-0.39, 0.29) is 5.41 Å². The highest BCUT2D eigenvalue weighted by atomic mass is 16.5. The lowest BCUT2D eigenvalue weighted by molar-refractivity contribution is 0.0248. The van der Waals surface area contributed by atoms with Crippen molar-refractivity contribution in [3.05, 3.63) is 11.8 Å². The molecule has 2 rings (SSSR count). The Hall–Kier alpha value is -0.500. The van der Waals surface area contributed by atoms with E-state index in [0.717, 1.165) is 19.8 Å². The molecule has 1 unspecified atom stereocenters. The Morgan fingerprint density at radius 2 is 2.00 bits per heavy atom. The van der Waals surface area contributed by atoms with Crippen molar-refractivity contribution in [2.75, 3.05) is 19.8 Å². The predicted octanol–water partition coefficient (Wildman–Crippen LogP) is 4.06. The van der Waals surface area contributed by atoms with E-state index in [4.69, 9.17) is 9.47 Å². The summed E-state index contributed by atoms with van der Waals surface area (Å²) < 4.78 is 11.5. The number of hydrogen-bond acceptors (Lipinski definition) is 2. The van der Waals surface area contributed by atoms with Crippen LogP contribution in [0.25, 0.3) is 0 Å². The topological polar surface area (TPSA) is 18.5 Å². The molecule has 0 bridgehead atoms. The van der Waals surface area contributed by atoms with Crippen LogP contribution in [0.3, 0.4) is 0 Å². The molecule has 1 saturated heterocycles. The van der Waals surface area contributed by atoms with Crippen LogP contribution in [0.5, 0.6) is 0 Å². The van der Waals surface area contributed by atoms with Gasteiger partial charge in [0.05, 0.1) is 19.5 Å². The summed E-state index contributed by atoms with van der Waals surface area (Å²) in [4.78, 5) is 0. The maximum Gasteiger partial charge on any atom is 0.0948 e. The fourth-order valence-corrected chi connectivity index (χ4v) is 2.74. The van der Waals surface area contributed by atoms with Gasteiger partial charge in [-0.3, -0.25) is 0 Å². The zero-order chi connectivity index (χ0) is 12.0. The van der Waals surface area contributed by atoms with Gasteiger partial charge in [0.1, 0.15) is 0 Å².